The van der Waals surface area contributed by atoms with Crippen molar-refractivity contribution in [1.29, 1.82) is 0 Å². The standard InChI is InChI=1S/C16H21F2N3/c1-4-14-9-15(21(3)20-14)10-16(19-5-2)11-6-12(17)8-13(18)7-11/h6-9,16,19H,4-5,10H2,1-3H3. The molecule has 2 rings (SSSR count). The summed E-state index contributed by atoms with van der Waals surface area (Å²) in [5.41, 5.74) is 2.68. The first kappa shape index (κ1) is 15.6. The summed E-state index contributed by atoms with van der Waals surface area (Å²) in [5.74, 6) is -1.10. The highest BCUT2D eigenvalue weighted by Gasteiger charge is 2.16. The van der Waals surface area contributed by atoms with Gasteiger partial charge in [0.25, 0.3) is 0 Å². The molecule has 0 aliphatic rings. The summed E-state index contributed by atoms with van der Waals surface area (Å²) in [6.45, 7) is 4.75. The molecule has 1 aromatic carbocycles. The molecule has 1 unspecified atom stereocenters. The van der Waals surface area contributed by atoms with Gasteiger partial charge in [0.15, 0.2) is 0 Å². The first-order valence-corrected chi connectivity index (χ1v) is 7.24. The number of aryl methyl sites for hydroxylation is 2. The Kier molecular flexibility index (Phi) is 5.07. The van der Waals surface area contributed by atoms with Crippen LogP contribution in [0, 0.1) is 11.6 Å². The molecular weight excluding hydrogens is 272 g/mol. The van der Waals surface area contributed by atoms with Crippen molar-refractivity contribution in [1.82, 2.24) is 15.1 Å². The molecule has 0 spiro atoms. The number of aromatic nitrogens is 2. The second-order valence-electron chi connectivity index (χ2n) is 5.12. The average Bonchev–Trinajstić information content (AvgIpc) is 2.78. The van der Waals surface area contributed by atoms with E-state index in [0.717, 1.165) is 30.4 Å². The van der Waals surface area contributed by atoms with Crippen molar-refractivity contribution < 1.29 is 8.78 Å². The number of nitrogens with zero attached hydrogens (tertiary/aromatic N) is 2. The van der Waals surface area contributed by atoms with Gasteiger partial charge in [0, 0.05) is 31.3 Å². The van der Waals surface area contributed by atoms with E-state index >= 15 is 0 Å². The highest BCUT2D eigenvalue weighted by Crippen LogP contribution is 2.21. The van der Waals surface area contributed by atoms with Crippen molar-refractivity contribution in [3.8, 4) is 0 Å². The third kappa shape index (κ3) is 3.88. The van der Waals surface area contributed by atoms with Crippen LogP contribution in [-0.2, 0) is 19.9 Å². The maximum absolute atomic E-state index is 13.4. The molecule has 0 amide bonds. The summed E-state index contributed by atoms with van der Waals surface area (Å²) in [6, 6.07) is 5.56. The van der Waals surface area contributed by atoms with Crippen molar-refractivity contribution >= 4 is 0 Å². The van der Waals surface area contributed by atoms with E-state index in [0.29, 0.717) is 12.0 Å². The minimum Gasteiger partial charge on any atom is -0.310 e. The largest absolute Gasteiger partial charge is 0.310 e. The molecule has 1 atom stereocenters. The SMILES string of the molecule is CCNC(Cc1cc(CC)nn1C)c1cc(F)cc(F)c1. The molecule has 2 aromatic rings. The normalized spacial score (nSPS) is 12.6. The topological polar surface area (TPSA) is 29.9 Å². The Morgan fingerprint density at radius 1 is 1.14 bits per heavy atom. The first-order valence-electron chi connectivity index (χ1n) is 7.24. The zero-order valence-corrected chi connectivity index (χ0v) is 12.7. The molecule has 1 N–H and O–H groups in total. The molecule has 1 heterocycles. The number of likely N-dealkylation sites (N-methyl/N-ethyl adjacent to an activating group) is 1. The number of nitrogens with one attached hydrogen (secondary N) is 1. The van der Waals surface area contributed by atoms with Crippen molar-refractivity contribution in [3.05, 3.63) is 52.9 Å². The molecular formula is C16H21F2N3. The first-order chi connectivity index (χ1) is 10.0. The third-order valence-electron chi connectivity index (χ3n) is 3.54. The smallest absolute Gasteiger partial charge is 0.126 e. The van der Waals surface area contributed by atoms with E-state index in [1.165, 1.54) is 12.1 Å². The highest BCUT2D eigenvalue weighted by atomic mass is 19.1. The number of hydrogen-bond acceptors (Lipinski definition) is 2. The Morgan fingerprint density at radius 3 is 2.33 bits per heavy atom. The quantitative estimate of drug-likeness (QED) is 0.886. The van der Waals surface area contributed by atoms with Crippen LogP contribution in [-0.4, -0.2) is 16.3 Å². The highest BCUT2D eigenvalue weighted by molar-refractivity contribution is 5.24. The minimum atomic E-state index is -0.549. The fraction of sp³-hybridized carbons (Fsp3) is 0.438. The van der Waals surface area contributed by atoms with E-state index in [1.807, 2.05) is 24.7 Å². The molecule has 5 heteroatoms. The maximum atomic E-state index is 13.4. The lowest BCUT2D eigenvalue weighted by atomic mass is 10.0. The number of rotatable bonds is 6. The Hall–Kier alpha value is -1.75. The van der Waals surface area contributed by atoms with Gasteiger partial charge >= 0.3 is 0 Å². The summed E-state index contributed by atoms with van der Waals surface area (Å²) in [6.07, 6.45) is 1.51. The lowest BCUT2D eigenvalue weighted by Gasteiger charge is -2.18. The second-order valence-corrected chi connectivity index (χ2v) is 5.12. The Balaban J connectivity index is 2.27. The van der Waals surface area contributed by atoms with Crippen LogP contribution < -0.4 is 5.32 Å². The van der Waals surface area contributed by atoms with Gasteiger partial charge in [-0.25, -0.2) is 8.78 Å². The van der Waals surface area contributed by atoms with E-state index < -0.39 is 11.6 Å². The van der Waals surface area contributed by atoms with E-state index in [4.69, 9.17) is 0 Å². The summed E-state index contributed by atoms with van der Waals surface area (Å²) < 4.78 is 28.7. The van der Waals surface area contributed by atoms with E-state index in [-0.39, 0.29) is 6.04 Å². The van der Waals surface area contributed by atoms with Crippen LogP contribution in [0.4, 0.5) is 8.78 Å². The summed E-state index contributed by atoms with van der Waals surface area (Å²) in [4.78, 5) is 0. The fourth-order valence-corrected chi connectivity index (χ4v) is 2.48. The van der Waals surface area contributed by atoms with Crippen LogP contribution in [0.2, 0.25) is 0 Å². The molecule has 0 fully saturated rings. The minimum absolute atomic E-state index is 0.139. The van der Waals surface area contributed by atoms with Crippen LogP contribution in [0.15, 0.2) is 24.3 Å². The summed E-state index contributed by atoms with van der Waals surface area (Å²) >= 11 is 0. The van der Waals surface area contributed by atoms with Crippen molar-refractivity contribution in [2.45, 2.75) is 32.7 Å². The molecule has 3 nitrogen and oxygen atoms in total. The van der Waals surface area contributed by atoms with Crippen LogP contribution in [0.1, 0.15) is 36.8 Å². The molecule has 1 aromatic heterocycles. The van der Waals surface area contributed by atoms with E-state index in [9.17, 15) is 8.78 Å². The third-order valence-corrected chi connectivity index (χ3v) is 3.54. The van der Waals surface area contributed by atoms with Gasteiger partial charge in [-0.15, -0.1) is 0 Å². The van der Waals surface area contributed by atoms with Crippen molar-refractivity contribution in [2.24, 2.45) is 7.05 Å². The summed E-state index contributed by atoms with van der Waals surface area (Å²) in [5, 5.41) is 7.69. The van der Waals surface area contributed by atoms with Gasteiger partial charge in [0.1, 0.15) is 11.6 Å². The average molecular weight is 293 g/mol. The molecule has 0 saturated heterocycles. The molecule has 0 bridgehead atoms. The number of halogens is 2. The van der Waals surface area contributed by atoms with E-state index in [1.54, 1.807) is 0 Å². The number of benzene rings is 1. The monoisotopic (exact) mass is 293 g/mol. The molecule has 0 radical (unpaired) electrons. The lowest BCUT2D eigenvalue weighted by molar-refractivity contribution is 0.514. The van der Waals surface area contributed by atoms with E-state index in [2.05, 4.69) is 17.3 Å². The van der Waals surface area contributed by atoms with Crippen LogP contribution in [0.3, 0.4) is 0 Å². The van der Waals surface area contributed by atoms with Gasteiger partial charge < -0.3 is 5.32 Å². The predicted molar refractivity (Wildman–Crippen MR) is 79.1 cm³/mol. The zero-order chi connectivity index (χ0) is 15.4. The van der Waals surface area contributed by atoms with Gasteiger partial charge in [-0.3, -0.25) is 4.68 Å². The Bertz CT molecular complexity index is 587. The zero-order valence-electron chi connectivity index (χ0n) is 12.7. The predicted octanol–water partition coefficient (Wildman–Crippen LogP) is 3.15. The molecule has 21 heavy (non-hydrogen) atoms. The van der Waals surface area contributed by atoms with Gasteiger partial charge in [0.2, 0.25) is 0 Å². The van der Waals surface area contributed by atoms with Crippen molar-refractivity contribution in [2.75, 3.05) is 6.54 Å². The Morgan fingerprint density at radius 2 is 1.81 bits per heavy atom. The lowest BCUT2D eigenvalue weighted by Crippen LogP contribution is -2.24. The fourth-order valence-electron chi connectivity index (χ4n) is 2.48. The molecule has 0 aliphatic heterocycles. The van der Waals surface area contributed by atoms with Crippen LogP contribution in [0.25, 0.3) is 0 Å². The summed E-state index contributed by atoms with van der Waals surface area (Å²) in [7, 11) is 1.89. The molecule has 0 saturated carbocycles. The molecule has 0 aliphatic carbocycles. The van der Waals surface area contributed by atoms with Crippen molar-refractivity contribution in [3.63, 3.8) is 0 Å². The Labute approximate surface area is 124 Å². The molecule has 114 valence electrons. The van der Waals surface area contributed by atoms with Gasteiger partial charge in [-0.05, 0) is 36.7 Å². The second kappa shape index (κ2) is 6.80. The van der Waals surface area contributed by atoms with Gasteiger partial charge in [0.05, 0.1) is 5.69 Å². The van der Waals surface area contributed by atoms with Gasteiger partial charge in [-0.1, -0.05) is 13.8 Å². The number of hydrogen-bond donors (Lipinski definition) is 1. The maximum Gasteiger partial charge on any atom is 0.126 e. The van der Waals surface area contributed by atoms with Gasteiger partial charge in [-0.2, -0.15) is 5.10 Å². The van der Waals surface area contributed by atoms with Crippen LogP contribution in [0.5, 0.6) is 0 Å². The van der Waals surface area contributed by atoms with Crippen LogP contribution >= 0.6 is 0 Å².